The van der Waals surface area contributed by atoms with E-state index in [2.05, 4.69) is 46.9 Å². The summed E-state index contributed by atoms with van der Waals surface area (Å²) in [5.41, 5.74) is 2.41. The Morgan fingerprint density at radius 3 is 3.00 bits per heavy atom. The number of aromatic nitrogens is 2. The summed E-state index contributed by atoms with van der Waals surface area (Å²) in [5, 5.41) is 13.0. The highest BCUT2D eigenvalue weighted by atomic mass is 32.1. The van der Waals surface area contributed by atoms with Gasteiger partial charge < -0.3 is 5.32 Å². The highest BCUT2D eigenvalue weighted by Crippen LogP contribution is 2.25. The second kappa shape index (κ2) is 6.71. The zero-order valence-electron chi connectivity index (χ0n) is 11.1. The first kappa shape index (κ1) is 13.3. The lowest BCUT2D eigenvalue weighted by atomic mass is 10.1. The van der Waals surface area contributed by atoms with Crippen molar-refractivity contribution in [1.82, 2.24) is 15.5 Å². The molecule has 0 saturated carbocycles. The topological polar surface area (TPSA) is 40.7 Å². The van der Waals surface area contributed by atoms with E-state index < -0.39 is 0 Å². The van der Waals surface area contributed by atoms with Crippen LogP contribution < -0.4 is 5.32 Å². The Labute approximate surface area is 113 Å². The van der Waals surface area contributed by atoms with Crippen LogP contribution in [0.5, 0.6) is 0 Å². The molecule has 3 nitrogen and oxygen atoms in total. The van der Waals surface area contributed by atoms with Crippen LogP contribution in [0.2, 0.25) is 0 Å². The van der Waals surface area contributed by atoms with Crippen molar-refractivity contribution in [1.29, 1.82) is 0 Å². The first-order chi connectivity index (χ1) is 8.85. The fourth-order valence-corrected chi connectivity index (χ4v) is 2.89. The lowest BCUT2D eigenvalue weighted by molar-refractivity contribution is 0.463. The van der Waals surface area contributed by atoms with Crippen molar-refractivity contribution < 1.29 is 0 Å². The van der Waals surface area contributed by atoms with Crippen molar-refractivity contribution in [3.63, 3.8) is 0 Å². The van der Waals surface area contributed by atoms with Crippen LogP contribution in [0.25, 0.3) is 10.6 Å². The van der Waals surface area contributed by atoms with Crippen LogP contribution in [0.4, 0.5) is 0 Å². The third-order valence-corrected chi connectivity index (χ3v) is 4.08. The molecule has 0 radical (unpaired) electrons. The summed E-state index contributed by atoms with van der Waals surface area (Å²) in [7, 11) is 0. The lowest BCUT2D eigenvalue weighted by Crippen LogP contribution is -2.27. The Balaban J connectivity index is 2.00. The smallest absolute Gasteiger partial charge is 0.0794 e. The molecule has 0 aromatic carbocycles. The van der Waals surface area contributed by atoms with E-state index in [9.17, 15) is 0 Å². The highest BCUT2D eigenvalue weighted by molar-refractivity contribution is 7.13. The molecule has 0 amide bonds. The Kier molecular flexibility index (Phi) is 4.96. The Morgan fingerprint density at radius 1 is 1.44 bits per heavy atom. The second-order valence-corrected chi connectivity index (χ2v) is 5.47. The van der Waals surface area contributed by atoms with Gasteiger partial charge in [0.25, 0.3) is 0 Å². The van der Waals surface area contributed by atoms with Gasteiger partial charge in [-0.1, -0.05) is 26.3 Å². The van der Waals surface area contributed by atoms with E-state index in [1.807, 2.05) is 6.20 Å². The number of rotatable bonds is 7. The Hall–Kier alpha value is -1.13. The van der Waals surface area contributed by atoms with Crippen LogP contribution in [0, 0.1) is 0 Å². The largest absolute Gasteiger partial charge is 0.310 e. The summed E-state index contributed by atoms with van der Waals surface area (Å²) < 4.78 is 0. The van der Waals surface area contributed by atoms with Gasteiger partial charge in [0, 0.05) is 18.2 Å². The number of nitrogens with one attached hydrogen (secondary N) is 2. The van der Waals surface area contributed by atoms with E-state index in [0.717, 1.165) is 12.2 Å². The Bertz CT molecular complexity index is 447. The molecule has 2 N–H and O–H groups in total. The SMILES string of the molecule is CCCC(CC)NCc1cn[nH]c1-c1cccs1. The lowest BCUT2D eigenvalue weighted by Gasteiger charge is -2.15. The van der Waals surface area contributed by atoms with Crippen LogP contribution in [0.1, 0.15) is 38.7 Å². The van der Waals surface area contributed by atoms with Gasteiger partial charge in [-0.2, -0.15) is 5.10 Å². The molecule has 0 fully saturated rings. The van der Waals surface area contributed by atoms with Gasteiger partial charge in [-0.15, -0.1) is 11.3 Å². The van der Waals surface area contributed by atoms with Gasteiger partial charge in [-0.3, -0.25) is 5.10 Å². The van der Waals surface area contributed by atoms with Crippen molar-refractivity contribution in [2.45, 2.75) is 45.7 Å². The summed E-state index contributed by atoms with van der Waals surface area (Å²) in [4.78, 5) is 1.26. The van der Waals surface area contributed by atoms with E-state index in [-0.39, 0.29) is 0 Å². The molecule has 2 aromatic rings. The van der Waals surface area contributed by atoms with Gasteiger partial charge in [-0.25, -0.2) is 0 Å². The molecule has 18 heavy (non-hydrogen) atoms. The Morgan fingerprint density at radius 2 is 2.33 bits per heavy atom. The van der Waals surface area contributed by atoms with Crippen LogP contribution in [-0.2, 0) is 6.54 Å². The standard InChI is InChI=1S/C14H21N3S/c1-3-6-12(4-2)15-9-11-10-16-17-14(11)13-7-5-8-18-13/h5,7-8,10,12,15H,3-4,6,9H2,1-2H3,(H,16,17). The number of nitrogens with zero attached hydrogens (tertiary/aromatic N) is 1. The van der Waals surface area contributed by atoms with Crippen molar-refractivity contribution in [3.05, 3.63) is 29.3 Å². The highest BCUT2D eigenvalue weighted by Gasteiger charge is 2.10. The summed E-state index contributed by atoms with van der Waals surface area (Å²) in [6.07, 6.45) is 5.58. The zero-order chi connectivity index (χ0) is 12.8. The maximum absolute atomic E-state index is 4.17. The molecule has 0 aliphatic carbocycles. The predicted molar refractivity (Wildman–Crippen MR) is 77.7 cm³/mol. The summed E-state index contributed by atoms with van der Waals surface area (Å²) >= 11 is 1.75. The van der Waals surface area contributed by atoms with Crippen molar-refractivity contribution >= 4 is 11.3 Å². The van der Waals surface area contributed by atoms with Gasteiger partial charge in [0.15, 0.2) is 0 Å². The molecular formula is C14H21N3S. The van der Waals surface area contributed by atoms with Crippen LogP contribution in [-0.4, -0.2) is 16.2 Å². The van der Waals surface area contributed by atoms with Gasteiger partial charge in [-0.05, 0) is 24.3 Å². The quantitative estimate of drug-likeness (QED) is 0.797. The summed E-state index contributed by atoms with van der Waals surface area (Å²) in [5.74, 6) is 0. The fourth-order valence-electron chi connectivity index (χ4n) is 2.13. The molecule has 2 heterocycles. The van der Waals surface area contributed by atoms with Gasteiger partial charge in [0.1, 0.15) is 0 Å². The maximum atomic E-state index is 4.17. The molecule has 0 aliphatic rings. The summed E-state index contributed by atoms with van der Waals surface area (Å²) in [6, 6.07) is 4.82. The first-order valence-electron chi connectivity index (χ1n) is 6.64. The zero-order valence-corrected chi connectivity index (χ0v) is 11.9. The molecule has 0 spiro atoms. The molecule has 0 aliphatic heterocycles. The molecule has 2 aromatic heterocycles. The van der Waals surface area contributed by atoms with E-state index >= 15 is 0 Å². The van der Waals surface area contributed by atoms with E-state index in [0.29, 0.717) is 6.04 Å². The number of hydrogen-bond acceptors (Lipinski definition) is 3. The average molecular weight is 263 g/mol. The van der Waals surface area contributed by atoms with Crippen LogP contribution >= 0.6 is 11.3 Å². The minimum Gasteiger partial charge on any atom is -0.310 e. The third-order valence-electron chi connectivity index (χ3n) is 3.20. The molecular weight excluding hydrogens is 242 g/mol. The van der Waals surface area contributed by atoms with Crippen LogP contribution in [0.3, 0.4) is 0 Å². The number of aromatic amines is 1. The number of H-pyrrole nitrogens is 1. The van der Waals surface area contributed by atoms with Crippen LogP contribution in [0.15, 0.2) is 23.7 Å². The second-order valence-electron chi connectivity index (χ2n) is 4.52. The minimum absolute atomic E-state index is 0.612. The van der Waals surface area contributed by atoms with E-state index in [4.69, 9.17) is 0 Å². The maximum Gasteiger partial charge on any atom is 0.0794 e. The fraction of sp³-hybridized carbons (Fsp3) is 0.500. The van der Waals surface area contributed by atoms with Crippen molar-refractivity contribution in [2.75, 3.05) is 0 Å². The van der Waals surface area contributed by atoms with Crippen molar-refractivity contribution in [3.8, 4) is 10.6 Å². The number of hydrogen-bond donors (Lipinski definition) is 2. The molecule has 1 atom stereocenters. The van der Waals surface area contributed by atoms with E-state index in [1.165, 1.54) is 29.7 Å². The molecule has 1 unspecified atom stereocenters. The van der Waals surface area contributed by atoms with Crippen molar-refractivity contribution in [2.24, 2.45) is 0 Å². The molecule has 0 bridgehead atoms. The van der Waals surface area contributed by atoms with E-state index in [1.54, 1.807) is 11.3 Å². The average Bonchev–Trinajstić information content (AvgIpc) is 3.04. The molecule has 2 rings (SSSR count). The molecule has 98 valence electrons. The minimum atomic E-state index is 0.612. The first-order valence-corrected chi connectivity index (χ1v) is 7.52. The molecule has 0 saturated heterocycles. The van der Waals surface area contributed by atoms with Gasteiger partial charge >= 0.3 is 0 Å². The van der Waals surface area contributed by atoms with Gasteiger partial charge in [0.2, 0.25) is 0 Å². The third kappa shape index (κ3) is 3.21. The normalized spacial score (nSPS) is 12.8. The number of thiophene rings is 1. The van der Waals surface area contributed by atoms with Gasteiger partial charge in [0.05, 0.1) is 16.8 Å². The molecule has 4 heteroatoms. The summed E-state index contributed by atoms with van der Waals surface area (Å²) in [6.45, 7) is 5.37. The monoisotopic (exact) mass is 263 g/mol. The predicted octanol–water partition coefficient (Wildman–Crippen LogP) is 3.81.